The lowest BCUT2D eigenvalue weighted by Gasteiger charge is -2.25. The van der Waals surface area contributed by atoms with Crippen molar-refractivity contribution in [1.29, 1.82) is 0 Å². The summed E-state index contributed by atoms with van der Waals surface area (Å²) in [6.45, 7) is 1.88. The summed E-state index contributed by atoms with van der Waals surface area (Å²) in [5.74, 6) is 0.550. The van der Waals surface area contributed by atoms with Crippen molar-refractivity contribution in [3.63, 3.8) is 0 Å². The largest absolute Gasteiger partial charge is 0.493 e. The van der Waals surface area contributed by atoms with Crippen LogP contribution in [0.25, 0.3) is 5.69 Å². The number of carbonyl (C=O) groups is 1. The summed E-state index contributed by atoms with van der Waals surface area (Å²) in [6, 6.07) is 11.8. The molecule has 1 heterocycles. The van der Waals surface area contributed by atoms with Crippen LogP contribution in [-0.2, 0) is 14.8 Å². The topological polar surface area (TPSA) is 116 Å². The Bertz CT molecular complexity index is 1180. The minimum absolute atomic E-state index is 0.0183. The second-order valence-electron chi connectivity index (χ2n) is 7.28. The number of carbonyl (C=O) groups excluding carboxylic acids is 1. The van der Waals surface area contributed by atoms with Crippen LogP contribution in [-0.4, -0.2) is 61.8 Å². The van der Waals surface area contributed by atoms with Crippen molar-refractivity contribution in [2.24, 2.45) is 0 Å². The van der Waals surface area contributed by atoms with Crippen LogP contribution in [0.3, 0.4) is 0 Å². The fourth-order valence-electron chi connectivity index (χ4n) is 3.22. The van der Waals surface area contributed by atoms with Crippen LogP contribution < -0.4 is 14.2 Å². The van der Waals surface area contributed by atoms with Gasteiger partial charge in [-0.2, -0.15) is 5.10 Å². The van der Waals surface area contributed by atoms with E-state index in [1.807, 2.05) is 31.2 Å². The highest BCUT2D eigenvalue weighted by molar-refractivity contribution is 7.89. The molecule has 3 aromatic rings. The zero-order chi connectivity index (χ0) is 24.0. The highest BCUT2D eigenvalue weighted by Crippen LogP contribution is 2.29. The van der Waals surface area contributed by atoms with Crippen LogP contribution >= 0.6 is 0 Å². The molecule has 3 rings (SSSR count). The fraction of sp³-hybridized carbons (Fsp3) is 0.318. The smallest absolute Gasteiger partial charge is 0.240 e. The summed E-state index contributed by atoms with van der Waals surface area (Å²) in [5.41, 5.74) is 1.81. The normalized spacial score (nSPS) is 12.2. The van der Waals surface area contributed by atoms with E-state index in [4.69, 9.17) is 9.47 Å². The lowest BCUT2D eigenvalue weighted by molar-refractivity contribution is -0.131. The maximum absolute atomic E-state index is 12.7. The average Bonchev–Trinajstić information content (AvgIpc) is 3.37. The van der Waals surface area contributed by atoms with Gasteiger partial charge in [0.25, 0.3) is 0 Å². The molecule has 1 aromatic heterocycles. The number of hydrogen-bond donors (Lipinski definition) is 1. The van der Waals surface area contributed by atoms with Crippen molar-refractivity contribution >= 4 is 15.9 Å². The molecule has 0 saturated heterocycles. The monoisotopic (exact) mass is 473 g/mol. The third-order valence-corrected chi connectivity index (χ3v) is 6.79. The van der Waals surface area contributed by atoms with Gasteiger partial charge in [-0.15, -0.1) is 0 Å². The number of nitrogens with one attached hydrogen (secondary N) is 1. The second-order valence-corrected chi connectivity index (χ2v) is 9.04. The van der Waals surface area contributed by atoms with Gasteiger partial charge in [0.2, 0.25) is 15.9 Å². The lowest BCUT2D eigenvalue weighted by atomic mass is 10.1. The Morgan fingerprint density at radius 1 is 1.12 bits per heavy atom. The van der Waals surface area contributed by atoms with Gasteiger partial charge >= 0.3 is 0 Å². The Morgan fingerprint density at radius 2 is 1.82 bits per heavy atom. The van der Waals surface area contributed by atoms with Gasteiger partial charge in [0.15, 0.2) is 11.5 Å². The molecule has 0 saturated carbocycles. The van der Waals surface area contributed by atoms with Crippen LogP contribution in [0.15, 0.2) is 60.0 Å². The third kappa shape index (κ3) is 5.68. The number of rotatable bonds is 10. The first-order chi connectivity index (χ1) is 15.8. The lowest BCUT2D eigenvalue weighted by Crippen LogP contribution is -2.33. The molecule has 1 atom stereocenters. The summed E-state index contributed by atoms with van der Waals surface area (Å²) in [4.78, 5) is 18.2. The SMILES string of the molecule is COc1ccc(S(=O)(=O)NCCC(=O)N(C)C(C)c2ccc(-n3cncn3)cc2)cc1OC. The average molecular weight is 474 g/mol. The molecule has 0 fully saturated rings. The number of ether oxygens (including phenoxy) is 2. The summed E-state index contributed by atoms with van der Waals surface area (Å²) < 4.78 is 39.6. The summed E-state index contributed by atoms with van der Waals surface area (Å²) in [6.07, 6.45) is 3.09. The van der Waals surface area contributed by atoms with E-state index in [0.717, 1.165) is 11.3 Å². The molecule has 0 radical (unpaired) electrons. The molecule has 1 unspecified atom stereocenters. The van der Waals surface area contributed by atoms with E-state index in [1.165, 1.54) is 38.7 Å². The van der Waals surface area contributed by atoms with Crippen molar-refractivity contribution in [3.05, 3.63) is 60.7 Å². The van der Waals surface area contributed by atoms with Crippen molar-refractivity contribution < 1.29 is 22.7 Å². The predicted octanol–water partition coefficient (Wildman–Crippen LogP) is 2.17. The Labute approximate surface area is 193 Å². The highest BCUT2D eigenvalue weighted by Gasteiger charge is 2.20. The van der Waals surface area contributed by atoms with E-state index in [2.05, 4.69) is 14.8 Å². The van der Waals surface area contributed by atoms with Crippen molar-refractivity contribution in [2.45, 2.75) is 24.3 Å². The first-order valence-corrected chi connectivity index (χ1v) is 11.7. The number of hydrogen-bond acceptors (Lipinski definition) is 7. The molecule has 0 aliphatic carbocycles. The van der Waals surface area contributed by atoms with Crippen LogP contribution in [0.2, 0.25) is 0 Å². The molecule has 1 N–H and O–H groups in total. The fourth-order valence-corrected chi connectivity index (χ4v) is 4.27. The molecule has 176 valence electrons. The number of amides is 1. The number of benzene rings is 2. The molecule has 10 nitrogen and oxygen atoms in total. The van der Waals surface area contributed by atoms with Gasteiger partial charge in [-0.25, -0.2) is 22.8 Å². The van der Waals surface area contributed by atoms with Crippen molar-refractivity contribution in [1.82, 2.24) is 24.4 Å². The highest BCUT2D eigenvalue weighted by atomic mass is 32.2. The van der Waals surface area contributed by atoms with Crippen molar-refractivity contribution in [3.8, 4) is 17.2 Å². The van der Waals surface area contributed by atoms with Gasteiger partial charge in [-0.1, -0.05) is 12.1 Å². The molecule has 33 heavy (non-hydrogen) atoms. The van der Waals surface area contributed by atoms with Gasteiger partial charge in [-0.05, 0) is 36.8 Å². The predicted molar refractivity (Wildman–Crippen MR) is 122 cm³/mol. The van der Waals surface area contributed by atoms with Crippen LogP contribution in [0.4, 0.5) is 0 Å². The van der Waals surface area contributed by atoms with Gasteiger partial charge in [-0.3, -0.25) is 4.79 Å². The first-order valence-electron chi connectivity index (χ1n) is 10.2. The Hall–Kier alpha value is -3.44. The minimum atomic E-state index is -3.81. The Kier molecular flexibility index (Phi) is 7.67. The van der Waals surface area contributed by atoms with E-state index in [1.54, 1.807) is 23.0 Å². The van der Waals surface area contributed by atoms with Crippen molar-refractivity contribution in [2.75, 3.05) is 27.8 Å². The zero-order valence-electron chi connectivity index (χ0n) is 18.9. The standard InChI is InChI=1S/C22H27N5O5S/c1-16(17-5-7-18(8-6-17)27-15-23-14-24-27)26(2)22(28)11-12-25-33(29,30)19-9-10-20(31-3)21(13-19)32-4/h5-10,13-16,25H,11-12H2,1-4H3. The van der Waals surface area contributed by atoms with E-state index in [9.17, 15) is 13.2 Å². The molecule has 1 amide bonds. The third-order valence-electron chi connectivity index (χ3n) is 5.33. The quantitative estimate of drug-likeness (QED) is 0.480. The first kappa shape index (κ1) is 24.2. The molecule has 0 spiro atoms. The summed E-state index contributed by atoms with van der Waals surface area (Å²) in [5, 5.41) is 4.09. The van der Waals surface area contributed by atoms with Gasteiger partial charge in [0, 0.05) is 26.1 Å². The summed E-state index contributed by atoms with van der Waals surface area (Å²) in [7, 11) is 0.789. The molecule has 0 aliphatic heterocycles. The Balaban J connectivity index is 1.57. The number of methoxy groups -OCH3 is 2. The number of nitrogens with zero attached hydrogens (tertiary/aromatic N) is 4. The van der Waals surface area contributed by atoms with Crippen LogP contribution in [0, 0.1) is 0 Å². The van der Waals surface area contributed by atoms with E-state index < -0.39 is 10.0 Å². The van der Waals surface area contributed by atoms with Crippen LogP contribution in [0.1, 0.15) is 24.9 Å². The van der Waals surface area contributed by atoms with E-state index >= 15 is 0 Å². The Morgan fingerprint density at radius 3 is 2.42 bits per heavy atom. The maximum Gasteiger partial charge on any atom is 0.240 e. The molecular weight excluding hydrogens is 446 g/mol. The molecule has 2 aromatic carbocycles. The van der Waals surface area contributed by atoms with E-state index in [-0.39, 0.29) is 29.8 Å². The minimum Gasteiger partial charge on any atom is -0.493 e. The zero-order valence-corrected chi connectivity index (χ0v) is 19.7. The second kappa shape index (κ2) is 10.5. The van der Waals surface area contributed by atoms with E-state index in [0.29, 0.717) is 11.5 Å². The maximum atomic E-state index is 12.7. The summed E-state index contributed by atoms with van der Waals surface area (Å²) >= 11 is 0. The van der Waals surface area contributed by atoms with Gasteiger partial charge in [0.05, 0.1) is 30.8 Å². The molecule has 0 aliphatic rings. The van der Waals surface area contributed by atoms with Gasteiger partial charge in [0.1, 0.15) is 12.7 Å². The molecular formula is C22H27N5O5S. The van der Waals surface area contributed by atoms with Crippen LogP contribution in [0.5, 0.6) is 11.5 Å². The number of aromatic nitrogens is 3. The van der Waals surface area contributed by atoms with Gasteiger partial charge < -0.3 is 14.4 Å². The molecule has 0 bridgehead atoms. The molecule has 11 heteroatoms. The number of sulfonamides is 1.